The van der Waals surface area contributed by atoms with Crippen molar-refractivity contribution in [1.29, 1.82) is 0 Å². The molecule has 2 amide bonds. The summed E-state index contributed by atoms with van der Waals surface area (Å²) in [7, 11) is -1.15. The molecule has 0 aliphatic carbocycles. The van der Waals surface area contributed by atoms with E-state index in [4.69, 9.17) is 0 Å². The maximum Gasteiger partial charge on any atom is 0.304 e. The highest BCUT2D eigenvalue weighted by Gasteiger charge is 2.34. The predicted octanol–water partition coefficient (Wildman–Crippen LogP) is 4.01. The highest BCUT2D eigenvalue weighted by molar-refractivity contribution is 9.10. The van der Waals surface area contributed by atoms with Crippen molar-refractivity contribution in [2.75, 3.05) is 24.9 Å². The number of carbonyl (C=O) groups excluding carboxylic acids is 2. The lowest BCUT2D eigenvalue weighted by molar-refractivity contribution is -0.140. The molecule has 0 radical (unpaired) electrons. The highest BCUT2D eigenvalue weighted by atomic mass is 79.9. The Morgan fingerprint density at radius 2 is 1.61 bits per heavy atom. The van der Waals surface area contributed by atoms with E-state index in [-0.39, 0.29) is 12.5 Å². The van der Waals surface area contributed by atoms with Crippen molar-refractivity contribution >= 4 is 43.6 Å². The Labute approximate surface area is 224 Å². The van der Waals surface area contributed by atoms with Crippen LogP contribution < -0.4 is 9.62 Å². The molecular weight excluding hydrogens is 544 g/mol. The lowest BCUT2D eigenvalue weighted by Gasteiger charge is -2.34. The normalized spacial score (nSPS) is 12.8. The van der Waals surface area contributed by atoms with Gasteiger partial charge in [0.05, 0.1) is 5.69 Å². The molecule has 0 aromatic heterocycles. The van der Waals surface area contributed by atoms with E-state index in [1.54, 1.807) is 19.9 Å². The van der Waals surface area contributed by atoms with E-state index < -0.39 is 34.2 Å². The van der Waals surface area contributed by atoms with Crippen LogP contribution in [-0.2, 0) is 26.3 Å². The quantitative estimate of drug-likeness (QED) is 0.485. The van der Waals surface area contributed by atoms with Crippen LogP contribution in [0.2, 0.25) is 0 Å². The van der Waals surface area contributed by atoms with Gasteiger partial charge < -0.3 is 10.2 Å². The van der Waals surface area contributed by atoms with Gasteiger partial charge in [0.1, 0.15) is 12.6 Å². The van der Waals surface area contributed by atoms with Crippen molar-refractivity contribution in [3.63, 3.8) is 0 Å². The zero-order valence-electron chi connectivity index (χ0n) is 22.3. The summed E-state index contributed by atoms with van der Waals surface area (Å²) in [4.78, 5) is 28.3. The van der Waals surface area contributed by atoms with Crippen LogP contribution in [0.25, 0.3) is 0 Å². The maximum atomic E-state index is 13.8. The molecule has 2 rings (SSSR count). The second kappa shape index (κ2) is 11.7. The fraction of sp³-hybridized carbons (Fsp3) is 0.462. The number of rotatable bonds is 9. The van der Waals surface area contributed by atoms with Gasteiger partial charge in [-0.3, -0.25) is 9.59 Å². The summed E-state index contributed by atoms with van der Waals surface area (Å²) < 4.78 is 29.8. The molecular formula is C26H37BrN4O4S. The van der Waals surface area contributed by atoms with Crippen molar-refractivity contribution < 1.29 is 18.0 Å². The van der Waals surface area contributed by atoms with Gasteiger partial charge in [0.2, 0.25) is 11.8 Å². The lowest BCUT2D eigenvalue weighted by atomic mass is 10.1. The molecule has 10 heteroatoms. The van der Waals surface area contributed by atoms with E-state index in [1.807, 2.05) is 64.1 Å². The van der Waals surface area contributed by atoms with Crippen LogP contribution in [0.15, 0.2) is 46.9 Å². The summed E-state index contributed by atoms with van der Waals surface area (Å²) >= 11 is 3.41. The second-order valence-electron chi connectivity index (χ2n) is 10.2. The largest absolute Gasteiger partial charge is 0.350 e. The third-order valence-corrected chi connectivity index (χ3v) is 7.92. The average Bonchev–Trinajstić information content (AvgIpc) is 2.76. The monoisotopic (exact) mass is 580 g/mol. The zero-order valence-corrected chi connectivity index (χ0v) is 24.7. The Hall–Kier alpha value is -2.43. The molecule has 0 aliphatic heterocycles. The Balaban J connectivity index is 2.51. The van der Waals surface area contributed by atoms with Crippen LogP contribution >= 0.6 is 15.9 Å². The smallest absolute Gasteiger partial charge is 0.304 e. The van der Waals surface area contributed by atoms with Crippen LogP contribution in [0.4, 0.5) is 5.69 Å². The standard InChI is InChI=1S/C26H37BrN4O4S/c1-18-9-10-19(2)23(15-18)31(36(34,35)29(7)8)17-24(32)30(16-21-11-13-22(27)14-12-21)20(3)25(33)28-26(4,5)6/h9-15,20H,16-17H2,1-8H3,(H,28,33)/t20-/m1/s1. The third kappa shape index (κ3) is 7.78. The summed E-state index contributed by atoms with van der Waals surface area (Å²) in [5.74, 6) is -0.803. The zero-order chi connectivity index (χ0) is 27.4. The van der Waals surface area contributed by atoms with Crippen molar-refractivity contribution in [2.45, 2.75) is 59.7 Å². The number of carbonyl (C=O) groups is 2. The Kier molecular flexibility index (Phi) is 9.72. The molecule has 198 valence electrons. The van der Waals surface area contributed by atoms with Crippen LogP contribution in [0.3, 0.4) is 0 Å². The number of aryl methyl sites for hydroxylation is 2. The summed E-state index contributed by atoms with van der Waals surface area (Å²) in [6, 6.07) is 12.1. The minimum Gasteiger partial charge on any atom is -0.350 e. The van der Waals surface area contributed by atoms with E-state index in [2.05, 4.69) is 21.2 Å². The van der Waals surface area contributed by atoms with Gasteiger partial charge in [-0.05, 0) is 76.4 Å². The summed E-state index contributed by atoms with van der Waals surface area (Å²) in [6.07, 6.45) is 0. The number of hydrogen-bond acceptors (Lipinski definition) is 4. The van der Waals surface area contributed by atoms with Crippen LogP contribution in [-0.4, -0.2) is 61.7 Å². The van der Waals surface area contributed by atoms with Crippen LogP contribution in [0.5, 0.6) is 0 Å². The van der Waals surface area contributed by atoms with E-state index in [9.17, 15) is 18.0 Å². The Morgan fingerprint density at radius 1 is 1.03 bits per heavy atom. The van der Waals surface area contributed by atoms with Crippen molar-refractivity contribution in [1.82, 2.24) is 14.5 Å². The molecule has 1 atom stereocenters. The first-order valence-corrected chi connectivity index (χ1v) is 13.9. The second-order valence-corrected chi connectivity index (χ2v) is 13.1. The van der Waals surface area contributed by atoms with Gasteiger partial charge in [0, 0.05) is 30.7 Å². The van der Waals surface area contributed by atoms with E-state index in [1.165, 1.54) is 19.0 Å². The first kappa shape index (κ1) is 29.8. The van der Waals surface area contributed by atoms with Gasteiger partial charge in [-0.25, -0.2) is 4.31 Å². The molecule has 0 aliphatic rings. The van der Waals surface area contributed by atoms with E-state index >= 15 is 0 Å². The number of nitrogens with one attached hydrogen (secondary N) is 1. The molecule has 2 aromatic rings. The minimum atomic E-state index is -4.00. The summed E-state index contributed by atoms with van der Waals surface area (Å²) in [6.45, 7) is 10.6. The molecule has 0 fully saturated rings. The first-order valence-electron chi connectivity index (χ1n) is 11.7. The average molecular weight is 582 g/mol. The number of nitrogens with zero attached hydrogens (tertiary/aromatic N) is 3. The van der Waals surface area contributed by atoms with Crippen molar-refractivity contribution in [3.8, 4) is 0 Å². The Morgan fingerprint density at radius 3 is 2.14 bits per heavy atom. The molecule has 0 unspecified atom stereocenters. The molecule has 0 spiro atoms. The van der Waals surface area contributed by atoms with Gasteiger partial charge in [-0.15, -0.1) is 0 Å². The number of anilines is 1. The first-order chi connectivity index (χ1) is 16.5. The Bertz CT molecular complexity index is 1190. The topological polar surface area (TPSA) is 90.0 Å². The maximum absolute atomic E-state index is 13.8. The number of amides is 2. The van der Waals surface area contributed by atoms with E-state index in [0.29, 0.717) is 5.69 Å². The van der Waals surface area contributed by atoms with E-state index in [0.717, 1.165) is 29.8 Å². The molecule has 0 saturated heterocycles. The van der Waals surface area contributed by atoms with Gasteiger partial charge in [0.15, 0.2) is 0 Å². The minimum absolute atomic E-state index is 0.146. The van der Waals surface area contributed by atoms with Gasteiger partial charge in [-0.2, -0.15) is 12.7 Å². The van der Waals surface area contributed by atoms with Gasteiger partial charge >= 0.3 is 10.2 Å². The van der Waals surface area contributed by atoms with Gasteiger partial charge in [0.25, 0.3) is 0 Å². The predicted molar refractivity (Wildman–Crippen MR) is 148 cm³/mol. The number of halogens is 1. The van der Waals surface area contributed by atoms with Crippen LogP contribution in [0, 0.1) is 13.8 Å². The molecule has 36 heavy (non-hydrogen) atoms. The SMILES string of the molecule is Cc1ccc(C)c(N(CC(=O)N(Cc2ccc(Br)cc2)[C@H](C)C(=O)NC(C)(C)C)S(=O)(=O)N(C)C)c1. The number of hydrogen-bond donors (Lipinski definition) is 1. The molecule has 8 nitrogen and oxygen atoms in total. The molecule has 2 aromatic carbocycles. The van der Waals surface area contributed by atoms with Crippen molar-refractivity contribution in [3.05, 3.63) is 63.6 Å². The summed E-state index contributed by atoms with van der Waals surface area (Å²) in [5, 5.41) is 2.92. The fourth-order valence-electron chi connectivity index (χ4n) is 3.53. The fourth-order valence-corrected chi connectivity index (χ4v) is 4.91. The highest BCUT2D eigenvalue weighted by Crippen LogP contribution is 2.26. The molecule has 0 heterocycles. The third-order valence-electron chi connectivity index (χ3n) is 5.58. The lowest BCUT2D eigenvalue weighted by Crippen LogP contribution is -2.55. The van der Waals surface area contributed by atoms with Crippen LogP contribution in [0.1, 0.15) is 44.4 Å². The molecule has 0 saturated carbocycles. The van der Waals surface area contributed by atoms with Gasteiger partial charge in [-0.1, -0.05) is 40.2 Å². The molecule has 1 N–H and O–H groups in total. The molecule has 0 bridgehead atoms. The van der Waals surface area contributed by atoms with Crippen molar-refractivity contribution in [2.24, 2.45) is 0 Å². The summed E-state index contributed by atoms with van der Waals surface area (Å²) in [5.41, 5.74) is 2.34. The number of benzene rings is 2.